The molecule has 0 spiro atoms. The van der Waals surface area contributed by atoms with Crippen molar-refractivity contribution < 1.29 is 4.79 Å². The standard InChI is InChI=1S/C13H16OS/c1-9(2)6-7-11(14)13-8-10-4-3-5-12(10)15-13/h8H,1,3-7H2,2H3. The summed E-state index contributed by atoms with van der Waals surface area (Å²) in [6.07, 6.45) is 5.05. The number of rotatable bonds is 4. The molecule has 80 valence electrons. The van der Waals surface area contributed by atoms with Gasteiger partial charge >= 0.3 is 0 Å². The molecule has 0 amide bonds. The third-order valence-electron chi connectivity index (χ3n) is 2.80. The maximum Gasteiger partial charge on any atom is 0.173 e. The highest BCUT2D eigenvalue weighted by Gasteiger charge is 2.17. The molecule has 1 heterocycles. The van der Waals surface area contributed by atoms with Crippen molar-refractivity contribution in [3.63, 3.8) is 0 Å². The smallest absolute Gasteiger partial charge is 0.173 e. The Morgan fingerprint density at radius 2 is 2.27 bits per heavy atom. The summed E-state index contributed by atoms with van der Waals surface area (Å²) < 4.78 is 0. The van der Waals surface area contributed by atoms with E-state index < -0.39 is 0 Å². The fourth-order valence-corrected chi connectivity index (χ4v) is 3.14. The maximum atomic E-state index is 11.8. The van der Waals surface area contributed by atoms with Crippen molar-refractivity contribution in [2.45, 2.75) is 39.0 Å². The van der Waals surface area contributed by atoms with Gasteiger partial charge in [-0.2, -0.15) is 0 Å². The first-order valence-corrected chi connectivity index (χ1v) is 6.27. The van der Waals surface area contributed by atoms with Crippen LogP contribution in [0.3, 0.4) is 0 Å². The Balaban J connectivity index is 2.03. The second kappa shape index (κ2) is 4.31. The van der Waals surface area contributed by atoms with Crippen LogP contribution in [0.5, 0.6) is 0 Å². The average molecular weight is 220 g/mol. The molecule has 1 aromatic rings. The molecule has 0 aromatic carbocycles. The van der Waals surface area contributed by atoms with Crippen LogP contribution < -0.4 is 0 Å². The summed E-state index contributed by atoms with van der Waals surface area (Å²) in [7, 11) is 0. The van der Waals surface area contributed by atoms with Gasteiger partial charge in [0.05, 0.1) is 4.88 Å². The largest absolute Gasteiger partial charge is 0.293 e. The predicted molar refractivity (Wildman–Crippen MR) is 64.7 cm³/mol. The van der Waals surface area contributed by atoms with Crippen molar-refractivity contribution in [2.75, 3.05) is 0 Å². The fourth-order valence-electron chi connectivity index (χ4n) is 1.92. The van der Waals surface area contributed by atoms with Gasteiger partial charge in [0.2, 0.25) is 0 Å². The van der Waals surface area contributed by atoms with Gasteiger partial charge in [0.15, 0.2) is 5.78 Å². The SMILES string of the molecule is C=C(C)CCC(=O)c1cc2c(s1)CCC2. The Morgan fingerprint density at radius 1 is 1.47 bits per heavy atom. The van der Waals surface area contributed by atoms with Crippen LogP contribution in [0.1, 0.15) is 46.3 Å². The summed E-state index contributed by atoms with van der Waals surface area (Å²) in [6.45, 7) is 5.80. The molecule has 15 heavy (non-hydrogen) atoms. The molecule has 0 atom stereocenters. The van der Waals surface area contributed by atoms with Gasteiger partial charge in [-0.25, -0.2) is 0 Å². The van der Waals surface area contributed by atoms with Crippen LogP contribution in [0.25, 0.3) is 0 Å². The van der Waals surface area contributed by atoms with Crippen molar-refractivity contribution in [1.29, 1.82) is 0 Å². The van der Waals surface area contributed by atoms with E-state index in [9.17, 15) is 4.79 Å². The molecule has 1 aliphatic rings. The highest BCUT2D eigenvalue weighted by Crippen LogP contribution is 2.31. The van der Waals surface area contributed by atoms with Gasteiger partial charge < -0.3 is 0 Å². The number of carbonyl (C=O) groups excluding carboxylic acids is 1. The van der Waals surface area contributed by atoms with E-state index in [0.29, 0.717) is 6.42 Å². The topological polar surface area (TPSA) is 17.1 Å². The Morgan fingerprint density at radius 3 is 2.93 bits per heavy atom. The molecule has 0 saturated heterocycles. The number of allylic oxidation sites excluding steroid dienone is 1. The predicted octanol–water partition coefficient (Wildman–Crippen LogP) is 3.78. The van der Waals surface area contributed by atoms with Gasteiger partial charge in [-0.15, -0.1) is 17.9 Å². The van der Waals surface area contributed by atoms with Gasteiger partial charge in [-0.3, -0.25) is 4.79 Å². The Kier molecular flexibility index (Phi) is 3.06. The van der Waals surface area contributed by atoms with Gasteiger partial charge in [0, 0.05) is 11.3 Å². The van der Waals surface area contributed by atoms with Gasteiger partial charge in [0.1, 0.15) is 0 Å². The van der Waals surface area contributed by atoms with Gasteiger partial charge in [0.25, 0.3) is 0 Å². The van der Waals surface area contributed by atoms with Crippen molar-refractivity contribution >= 4 is 17.1 Å². The molecule has 0 saturated carbocycles. The number of fused-ring (bicyclic) bond motifs is 1. The zero-order valence-electron chi connectivity index (χ0n) is 9.14. The molecule has 1 nitrogen and oxygen atoms in total. The summed E-state index contributed by atoms with van der Waals surface area (Å²) >= 11 is 1.70. The zero-order valence-corrected chi connectivity index (χ0v) is 9.95. The van der Waals surface area contributed by atoms with Crippen LogP contribution in [-0.2, 0) is 12.8 Å². The molecule has 0 radical (unpaired) electrons. The molecular formula is C13H16OS. The van der Waals surface area contributed by atoms with E-state index in [1.165, 1.54) is 29.7 Å². The lowest BCUT2D eigenvalue weighted by atomic mass is 10.1. The van der Waals surface area contributed by atoms with Gasteiger partial charge in [-0.1, -0.05) is 5.57 Å². The molecule has 0 aliphatic heterocycles. The third-order valence-corrected chi connectivity index (χ3v) is 4.08. The first-order chi connectivity index (χ1) is 7.16. The maximum absolute atomic E-state index is 11.8. The number of hydrogen-bond donors (Lipinski definition) is 0. The van der Waals surface area contributed by atoms with Crippen LogP contribution in [0.15, 0.2) is 18.2 Å². The van der Waals surface area contributed by atoms with E-state index in [1.54, 1.807) is 11.3 Å². The van der Waals surface area contributed by atoms with Crippen LogP contribution in [-0.4, -0.2) is 5.78 Å². The number of hydrogen-bond acceptors (Lipinski definition) is 2. The quantitative estimate of drug-likeness (QED) is 0.557. The highest BCUT2D eigenvalue weighted by molar-refractivity contribution is 7.14. The monoisotopic (exact) mass is 220 g/mol. The van der Waals surface area contributed by atoms with E-state index in [0.717, 1.165) is 16.9 Å². The minimum absolute atomic E-state index is 0.289. The molecule has 0 fully saturated rings. The molecule has 0 unspecified atom stereocenters. The first-order valence-electron chi connectivity index (χ1n) is 5.46. The molecule has 1 aliphatic carbocycles. The van der Waals surface area contributed by atoms with E-state index >= 15 is 0 Å². The lowest BCUT2D eigenvalue weighted by Gasteiger charge is -1.97. The van der Waals surface area contributed by atoms with E-state index in [2.05, 4.69) is 12.6 Å². The van der Waals surface area contributed by atoms with Crippen LogP contribution >= 0.6 is 11.3 Å². The number of thiophene rings is 1. The van der Waals surface area contributed by atoms with Gasteiger partial charge in [-0.05, 0) is 44.2 Å². The van der Waals surface area contributed by atoms with Crippen LogP contribution in [0.4, 0.5) is 0 Å². The second-order valence-electron chi connectivity index (χ2n) is 4.29. The number of aryl methyl sites for hydroxylation is 2. The summed E-state index contributed by atoms with van der Waals surface area (Å²) in [5, 5.41) is 0. The van der Waals surface area contributed by atoms with Crippen molar-refractivity contribution in [2.24, 2.45) is 0 Å². The average Bonchev–Trinajstić information content (AvgIpc) is 2.72. The summed E-state index contributed by atoms with van der Waals surface area (Å²) in [5.41, 5.74) is 2.51. The molecule has 0 N–H and O–H groups in total. The van der Waals surface area contributed by atoms with Crippen LogP contribution in [0.2, 0.25) is 0 Å². The lowest BCUT2D eigenvalue weighted by molar-refractivity contribution is 0.0986. The number of carbonyl (C=O) groups is 1. The van der Waals surface area contributed by atoms with Crippen molar-refractivity contribution in [1.82, 2.24) is 0 Å². The van der Waals surface area contributed by atoms with Crippen LogP contribution in [0, 0.1) is 0 Å². The molecular weight excluding hydrogens is 204 g/mol. The zero-order chi connectivity index (χ0) is 10.8. The Hall–Kier alpha value is -0.890. The summed E-state index contributed by atoms with van der Waals surface area (Å²) in [4.78, 5) is 14.2. The summed E-state index contributed by atoms with van der Waals surface area (Å²) in [6, 6.07) is 2.10. The Bertz CT molecular complexity index is 379. The lowest BCUT2D eigenvalue weighted by Crippen LogP contribution is -1.95. The Labute approximate surface area is 94.8 Å². The van der Waals surface area contributed by atoms with E-state index in [1.807, 2.05) is 6.92 Å². The first kappa shape index (κ1) is 10.6. The van der Waals surface area contributed by atoms with E-state index in [4.69, 9.17) is 0 Å². The minimum atomic E-state index is 0.289. The normalized spacial score (nSPS) is 13.9. The molecule has 0 bridgehead atoms. The number of Topliss-reactive ketones (excluding diaryl/α,β-unsaturated/α-hetero) is 1. The van der Waals surface area contributed by atoms with E-state index in [-0.39, 0.29) is 5.78 Å². The van der Waals surface area contributed by atoms with Crippen molar-refractivity contribution in [3.05, 3.63) is 33.5 Å². The third kappa shape index (κ3) is 2.37. The summed E-state index contributed by atoms with van der Waals surface area (Å²) in [5.74, 6) is 0.289. The molecule has 2 rings (SSSR count). The molecule has 1 aromatic heterocycles. The fraction of sp³-hybridized carbons (Fsp3) is 0.462. The number of ketones is 1. The second-order valence-corrected chi connectivity index (χ2v) is 5.43. The highest BCUT2D eigenvalue weighted by atomic mass is 32.1. The molecule has 2 heteroatoms. The van der Waals surface area contributed by atoms with Crippen molar-refractivity contribution in [3.8, 4) is 0 Å². The minimum Gasteiger partial charge on any atom is -0.293 e.